The van der Waals surface area contributed by atoms with E-state index in [1.165, 1.54) is 0 Å². The summed E-state index contributed by atoms with van der Waals surface area (Å²) in [6.45, 7) is 5.39. The molecule has 0 fully saturated rings. The summed E-state index contributed by atoms with van der Waals surface area (Å²) in [7, 11) is 8.47. The fraction of sp³-hybridized carbons (Fsp3) is 0.444. The number of methoxy groups -OCH3 is 4. The molecule has 0 saturated carbocycles. The molecule has 0 N–H and O–H groups in total. The van der Waals surface area contributed by atoms with Crippen molar-refractivity contribution in [3.63, 3.8) is 0 Å². The van der Waals surface area contributed by atoms with Gasteiger partial charge in [0.2, 0.25) is 0 Å². The zero-order valence-corrected chi connectivity index (χ0v) is 20.7. The molecule has 0 aliphatic heterocycles. The van der Waals surface area contributed by atoms with Crippen LogP contribution in [-0.2, 0) is 11.8 Å². The van der Waals surface area contributed by atoms with Crippen LogP contribution in [0.3, 0.4) is 0 Å². The van der Waals surface area contributed by atoms with E-state index in [-0.39, 0.29) is 5.92 Å². The maximum absolute atomic E-state index is 10.1. The molecule has 2 aromatic rings. The number of nitriles is 1. The summed E-state index contributed by atoms with van der Waals surface area (Å²) in [6.07, 6.45) is 0.849. The Balaban J connectivity index is 2.15. The van der Waals surface area contributed by atoms with E-state index in [0.29, 0.717) is 18.0 Å². The average molecular weight is 451 g/mol. The van der Waals surface area contributed by atoms with Gasteiger partial charge < -0.3 is 18.9 Å². The van der Waals surface area contributed by atoms with E-state index in [1.54, 1.807) is 28.4 Å². The maximum atomic E-state index is 10.1. The van der Waals surface area contributed by atoms with Crippen molar-refractivity contribution in [1.29, 1.82) is 5.26 Å². The highest BCUT2D eigenvalue weighted by Crippen LogP contribution is 2.37. The van der Waals surface area contributed by atoms with Gasteiger partial charge in [-0.2, -0.15) is 5.26 Å². The molecule has 0 aromatic heterocycles. The van der Waals surface area contributed by atoms with Gasteiger partial charge in [-0.15, -0.1) is 0 Å². The van der Waals surface area contributed by atoms with Crippen LogP contribution in [0.5, 0.6) is 23.0 Å². The fourth-order valence-corrected chi connectivity index (χ4v) is 3.60. The van der Waals surface area contributed by atoms with Gasteiger partial charge in [-0.25, -0.2) is 0 Å². The highest BCUT2D eigenvalue weighted by atomic mass is 16.5. The van der Waals surface area contributed by atoms with E-state index in [4.69, 9.17) is 18.9 Å². The first-order chi connectivity index (χ1) is 15.8. The fourth-order valence-electron chi connectivity index (χ4n) is 3.60. The van der Waals surface area contributed by atoms with Crippen molar-refractivity contribution in [3.05, 3.63) is 47.5 Å². The van der Waals surface area contributed by atoms with Gasteiger partial charge in [0.15, 0.2) is 23.0 Å². The normalized spacial score (nSPS) is 12.4. The second-order valence-corrected chi connectivity index (χ2v) is 8.12. The first-order valence-electron chi connectivity index (χ1n) is 10.9. The number of nitrogens with zero attached hydrogens (tertiary/aromatic N) is 2. The molecule has 0 spiro atoms. The maximum Gasteiger partial charge on any atom is 0.161 e. The van der Waals surface area contributed by atoms with Crippen molar-refractivity contribution in [2.24, 2.45) is 5.92 Å². The number of hydrogen-bond donors (Lipinski definition) is 0. The predicted octanol–water partition coefficient (Wildman–Crippen LogP) is 4.32. The molecule has 0 amide bonds. The molecule has 33 heavy (non-hydrogen) atoms. The summed E-state index contributed by atoms with van der Waals surface area (Å²) < 4.78 is 21.5. The van der Waals surface area contributed by atoms with Crippen LogP contribution >= 0.6 is 0 Å². The monoisotopic (exact) mass is 450 g/mol. The van der Waals surface area contributed by atoms with Gasteiger partial charge in [-0.3, -0.25) is 4.90 Å². The van der Waals surface area contributed by atoms with Crippen molar-refractivity contribution in [3.8, 4) is 40.9 Å². The van der Waals surface area contributed by atoms with Crippen LogP contribution in [0.2, 0.25) is 0 Å². The van der Waals surface area contributed by atoms with E-state index in [2.05, 4.69) is 22.8 Å². The third-order valence-electron chi connectivity index (χ3n) is 5.75. The van der Waals surface area contributed by atoms with Crippen LogP contribution in [0.25, 0.3) is 0 Å². The predicted molar refractivity (Wildman–Crippen MR) is 130 cm³/mol. The van der Waals surface area contributed by atoms with E-state index in [9.17, 15) is 5.26 Å². The van der Waals surface area contributed by atoms with Crippen molar-refractivity contribution in [2.75, 3.05) is 48.6 Å². The molecule has 0 aliphatic carbocycles. The quantitative estimate of drug-likeness (QED) is 0.503. The van der Waals surface area contributed by atoms with E-state index in [1.807, 2.05) is 57.3 Å². The first kappa shape index (κ1) is 25.9. The lowest BCUT2D eigenvalue weighted by molar-refractivity contribution is 0.353. The Morgan fingerprint density at radius 2 is 1.45 bits per heavy atom. The third-order valence-corrected chi connectivity index (χ3v) is 5.75. The van der Waals surface area contributed by atoms with Crippen LogP contribution in [0.15, 0.2) is 36.4 Å². The molecule has 6 heteroatoms. The zero-order chi connectivity index (χ0) is 24.4. The summed E-state index contributed by atoms with van der Waals surface area (Å²) in [5, 5.41) is 10.1. The Morgan fingerprint density at radius 1 is 0.879 bits per heavy atom. The minimum Gasteiger partial charge on any atom is -0.493 e. The van der Waals surface area contributed by atoms with E-state index < -0.39 is 5.41 Å². The van der Waals surface area contributed by atoms with Crippen LogP contribution < -0.4 is 18.9 Å². The number of hydrogen-bond acceptors (Lipinski definition) is 6. The Morgan fingerprint density at radius 3 is 2.00 bits per heavy atom. The van der Waals surface area contributed by atoms with Gasteiger partial charge in [-0.05, 0) is 54.8 Å². The van der Waals surface area contributed by atoms with Crippen LogP contribution in [-0.4, -0.2) is 53.5 Å². The molecule has 176 valence electrons. The van der Waals surface area contributed by atoms with Crippen molar-refractivity contribution < 1.29 is 18.9 Å². The van der Waals surface area contributed by atoms with Gasteiger partial charge in [0, 0.05) is 6.54 Å². The van der Waals surface area contributed by atoms with Gasteiger partial charge in [0.05, 0.1) is 41.1 Å². The summed E-state index contributed by atoms with van der Waals surface area (Å²) in [5.74, 6) is 9.15. The number of rotatable bonds is 10. The third kappa shape index (κ3) is 6.12. The SMILES string of the molecule is COc1ccc(CCN(C)CC#CC(C#N)(c2ccc(OC)c(OC)c2)C(C)C)cc1OC. The molecular formula is C27H34N2O4. The number of ether oxygens (including phenoxy) is 4. The molecular weight excluding hydrogens is 416 g/mol. The molecule has 2 rings (SSSR count). The Bertz CT molecular complexity index is 1030. The second kappa shape index (κ2) is 12.0. The minimum atomic E-state index is -0.941. The standard InChI is InChI=1S/C27H34N2O4/c1-20(2)27(19-28,22-10-12-24(31-5)26(18-22)33-7)14-8-15-29(3)16-13-21-9-11-23(30-4)25(17-21)32-6/h9-12,17-18,20H,13,15-16H2,1-7H3. The summed E-state index contributed by atoms with van der Waals surface area (Å²) in [4.78, 5) is 2.14. The summed E-state index contributed by atoms with van der Waals surface area (Å²) >= 11 is 0. The minimum absolute atomic E-state index is 0.00910. The lowest BCUT2D eigenvalue weighted by Gasteiger charge is -2.26. The molecule has 0 bridgehead atoms. The van der Waals surface area contributed by atoms with Crippen molar-refractivity contribution in [2.45, 2.75) is 25.7 Å². The summed E-state index contributed by atoms with van der Waals surface area (Å²) in [5.41, 5.74) is 1.02. The Labute approximate surface area is 198 Å². The van der Waals surface area contributed by atoms with Gasteiger partial charge in [0.25, 0.3) is 0 Å². The molecule has 0 saturated heterocycles. The Kier molecular flexibility index (Phi) is 9.45. The smallest absolute Gasteiger partial charge is 0.161 e. The van der Waals surface area contributed by atoms with E-state index >= 15 is 0 Å². The van der Waals surface area contributed by atoms with Crippen molar-refractivity contribution in [1.82, 2.24) is 4.90 Å². The van der Waals surface area contributed by atoms with Crippen LogP contribution in [0, 0.1) is 29.1 Å². The van der Waals surface area contributed by atoms with Crippen molar-refractivity contribution >= 4 is 0 Å². The number of benzene rings is 2. The van der Waals surface area contributed by atoms with Crippen LogP contribution in [0.1, 0.15) is 25.0 Å². The average Bonchev–Trinajstić information content (AvgIpc) is 2.84. The van der Waals surface area contributed by atoms with E-state index in [0.717, 1.165) is 35.6 Å². The highest BCUT2D eigenvalue weighted by Gasteiger charge is 2.35. The molecule has 1 atom stereocenters. The Hall–Kier alpha value is -3.35. The molecule has 0 radical (unpaired) electrons. The van der Waals surface area contributed by atoms with Gasteiger partial charge in [0.1, 0.15) is 5.41 Å². The van der Waals surface area contributed by atoms with Crippen LogP contribution in [0.4, 0.5) is 0 Å². The molecule has 1 unspecified atom stereocenters. The molecule has 6 nitrogen and oxygen atoms in total. The zero-order valence-electron chi connectivity index (χ0n) is 20.7. The highest BCUT2D eigenvalue weighted by molar-refractivity contribution is 5.51. The van der Waals surface area contributed by atoms with Gasteiger partial charge in [-0.1, -0.05) is 37.8 Å². The number of likely N-dealkylation sites (N-methyl/N-ethyl adjacent to an activating group) is 1. The lowest BCUT2D eigenvalue weighted by atomic mass is 9.73. The topological polar surface area (TPSA) is 64.0 Å². The molecule has 2 aromatic carbocycles. The summed E-state index contributed by atoms with van der Waals surface area (Å²) in [6, 6.07) is 14.0. The second-order valence-electron chi connectivity index (χ2n) is 8.12. The molecule has 0 aliphatic rings. The van der Waals surface area contributed by atoms with Gasteiger partial charge >= 0.3 is 0 Å². The molecule has 0 heterocycles. The lowest BCUT2D eigenvalue weighted by Crippen LogP contribution is -2.29. The first-order valence-corrected chi connectivity index (χ1v) is 10.9. The largest absolute Gasteiger partial charge is 0.493 e.